The number of hydrogen-bond donors (Lipinski definition) is 2. The van der Waals surface area contributed by atoms with Crippen LogP contribution >= 0.6 is 0 Å². The molecule has 0 radical (unpaired) electrons. The Balaban J connectivity index is 1.55. The van der Waals surface area contributed by atoms with E-state index in [0.29, 0.717) is 18.9 Å². The highest BCUT2D eigenvalue weighted by Gasteiger charge is 2.50. The first-order valence-corrected chi connectivity index (χ1v) is 20.7. The van der Waals surface area contributed by atoms with E-state index in [9.17, 15) is 9.59 Å². The molecule has 0 aliphatic carbocycles. The second-order valence-electron chi connectivity index (χ2n) is 15.2. The van der Waals surface area contributed by atoms with Gasteiger partial charge in [0.2, 0.25) is 5.91 Å². The normalized spacial score (nSPS) is 13.8. The lowest BCUT2D eigenvalue weighted by Crippen LogP contribution is -2.67. The summed E-state index contributed by atoms with van der Waals surface area (Å²) in [5, 5.41) is 5.79. The van der Waals surface area contributed by atoms with Gasteiger partial charge >= 0.3 is 6.09 Å². The molecule has 0 aliphatic heterocycles. The van der Waals surface area contributed by atoms with Gasteiger partial charge in [0.15, 0.2) is 0 Å². The number of benzene rings is 4. The summed E-state index contributed by atoms with van der Waals surface area (Å²) in [4.78, 5) is 27.9. The average Bonchev–Trinajstić information content (AvgIpc) is 3.16. The molecule has 1 unspecified atom stereocenters. The van der Waals surface area contributed by atoms with Crippen LogP contribution in [0.5, 0.6) is 0 Å². The minimum Gasteiger partial charge on any atom is -0.452 e. The number of hydrogen-bond acceptors (Lipinski definition) is 6. The third-order valence-corrected chi connectivity index (χ3v) is 14.9. The molecule has 4 rings (SSSR count). The molecule has 7 nitrogen and oxygen atoms in total. The number of alkyl halides is 1. The van der Waals surface area contributed by atoms with Crippen molar-refractivity contribution in [1.82, 2.24) is 10.2 Å². The first kappa shape index (κ1) is 41.6. The second-order valence-corrected chi connectivity index (χ2v) is 19.5. The average molecular weight is 740 g/mol. The van der Waals surface area contributed by atoms with E-state index >= 15 is 4.39 Å². The van der Waals surface area contributed by atoms with Crippen molar-refractivity contribution in [3.8, 4) is 0 Å². The van der Waals surface area contributed by atoms with Crippen molar-refractivity contribution in [3.63, 3.8) is 0 Å². The van der Waals surface area contributed by atoms with E-state index in [1.807, 2.05) is 72.8 Å². The number of amides is 2. The number of nitrogens with zero attached hydrogens (tertiary/aromatic N) is 1. The summed E-state index contributed by atoms with van der Waals surface area (Å²) in [6.45, 7) is 11.7. The van der Waals surface area contributed by atoms with E-state index in [1.165, 1.54) is 17.5 Å². The Morgan fingerprint density at radius 2 is 1.25 bits per heavy atom. The maximum Gasteiger partial charge on any atom is 0.416 e. The van der Waals surface area contributed by atoms with Gasteiger partial charge in [0, 0.05) is 12.0 Å². The van der Waals surface area contributed by atoms with Crippen molar-refractivity contribution in [1.29, 1.82) is 0 Å². The van der Waals surface area contributed by atoms with Crippen LogP contribution in [0, 0.1) is 5.92 Å². The van der Waals surface area contributed by atoms with E-state index in [4.69, 9.17) is 14.9 Å². The highest BCUT2D eigenvalue weighted by molar-refractivity contribution is 6.99. The van der Waals surface area contributed by atoms with Crippen LogP contribution in [-0.2, 0) is 14.0 Å². The van der Waals surface area contributed by atoms with Gasteiger partial charge in [-0.1, -0.05) is 156 Å². The third kappa shape index (κ3) is 10.9. The predicted molar refractivity (Wildman–Crippen MR) is 216 cm³/mol. The molecule has 3 atom stereocenters. The van der Waals surface area contributed by atoms with Crippen LogP contribution < -0.4 is 21.4 Å². The standard InChI is InChI=1S/C44H58FN3O4Si/c1-33(2)29-30-47-37(32-52-53(44(3,4)5,38-23-15-9-16-24-38)39-25-17-10-18-26-39)28-27-36(45)31-48(43(50)51-6)42(49)41(46)40(34-19-11-7-12-20-34)35-21-13-8-14-22-35/h7-26,33,36-37,40-41,47H,27-32,46H2,1-6H3/t36?,37-,41-/m0/s1. The van der Waals surface area contributed by atoms with Crippen LogP contribution in [-0.4, -0.2) is 70.3 Å². The van der Waals surface area contributed by atoms with Crippen molar-refractivity contribution >= 4 is 30.7 Å². The third-order valence-electron chi connectivity index (χ3n) is 9.90. The van der Waals surface area contributed by atoms with Gasteiger partial charge in [-0.25, -0.2) is 14.1 Å². The fourth-order valence-electron chi connectivity index (χ4n) is 7.09. The lowest BCUT2D eigenvalue weighted by Gasteiger charge is -2.44. The Morgan fingerprint density at radius 3 is 1.68 bits per heavy atom. The zero-order valence-electron chi connectivity index (χ0n) is 32.2. The Bertz CT molecular complexity index is 1590. The molecule has 4 aromatic carbocycles. The van der Waals surface area contributed by atoms with E-state index in [-0.39, 0.29) is 17.5 Å². The van der Waals surface area contributed by atoms with Gasteiger partial charge in [0.05, 0.1) is 26.3 Å². The van der Waals surface area contributed by atoms with Gasteiger partial charge in [0.1, 0.15) is 6.17 Å². The monoisotopic (exact) mass is 739 g/mol. The van der Waals surface area contributed by atoms with Crippen LogP contribution in [0.3, 0.4) is 0 Å². The lowest BCUT2D eigenvalue weighted by atomic mass is 9.85. The molecule has 0 spiro atoms. The quantitative estimate of drug-likeness (QED) is 0.103. The summed E-state index contributed by atoms with van der Waals surface area (Å²) in [5.41, 5.74) is 8.30. The number of carbonyl (C=O) groups is 2. The zero-order valence-corrected chi connectivity index (χ0v) is 33.2. The molecule has 0 aliphatic rings. The summed E-state index contributed by atoms with van der Waals surface area (Å²) in [7, 11) is -1.65. The minimum atomic E-state index is -2.83. The molecule has 0 saturated carbocycles. The molecule has 0 saturated heterocycles. The second kappa shape index (κ2) is 19.8. The largest absolute Gasteiger partial charge is 0.452 e. The Labute approximate surface area is 317 Å². The number of ether oxygens (including phenoxy) is 1. The maximum atomic E-state index is 16.1. The summed E-state index contributed by atoms with van der Waals surface area (Å²) in [6, 6.07) is 38.4. The first-order chi connectivity index (χ1) is 25.4. The van der Waals surface area contributed by atoms with Gasteiger partial charge in [-0.15, -0.1) is 0 Å². The molecular weight excluding hydrogens is 682 g/mol. The van der Waals surface area contributed by atoms with E-state index in [2.05, 4.69) is 88.5 Å². The molecule has 53 heavy (non-hydrogen) atoms. The number of nitrogens with two attached hydrogens (primary N) is 1. The van der Waals surface area contributed by atoms with Gasteiger partial charge in [-0.3, -0.25) is 4.79 Å². The minimum absolute atomic E-state index is 0.0975. The van der Waals surface area contributed by atoms with Gasteiger partial charge in [-0.05, 0) is 58.3 Å². The topological polar surface area (TPSA) is 93.9 Å². The molecule has 2 amide bonds. The first-order valence-electron chi connectivity index (χ1n) is 18.8. The Morgan fingerprint density at radius 1 is 0.774 bits per heavy atom. The molecule has 0 aromatic heterocycles. The molecule has 3 N–H and O–H groups in total. The van der Waals surface area contributed by atoms with Crippen molar-refractivity contribution < 1.29 is 23.1 Å². The van der Waals surface area contributed by atoms with Gasteiger partial charge in [0.25, 0.3) is 8.32 Å². The van der Waals surface area contributed by atoms with E-state index in [1.54, 1.807) is 0 Å². The SMILES string of the molecule is COC(=O)N(CC(F)CC[C@@H](CO[Si](c1ccccc1)(c1ccccc1)C(C)(C)C)NCCC(C)C)C(=O)[C@@H](N)C(c1ccccc1)c1ccccc1. The number of nitrogens with one attached hydrogen (secondary N) is 1. The van der Waals surface area contributed by atoms with Crippen LogP contribution in [0.2, 0.25) is 5.04 Å². The van der Waals surface area contributed by atoms with Crippen LogP contribution in [0.1, 0.15) is 70.9 Å². The summed E-state index contributed by atoms with van der Waals surface area (Å²) in [6.07, 6.45) is -0.959. The molecule has 9 heteroatoms. The van der Waals surface area contributed by atoms with Crippen molar-refractivity contribution in [3.05, 3.63) is 132 Å². The maximum absolute atomic E-state index is 16.1. The highest BCUT2D eigenvalue weighted by Crippen LogP contribution is 2.37. The number of halogens is 1. The lowest BCUT2D eigenvalue weighted by molar-refractivity contribution is -0.131. The number of imide groups is 1. The van der Waals surface area contributed by atoms with E-state index < -0.39 is 45.0 Å². The predicted octanol–water partition coefficient (Wildman–Crippen LogP) is 7.44. The summed E-state index contributed by atoms with van der Waals surface area (Å²) in [5.74, 6) is -0.754. The van der Waals surface area contributed by atoms with Gasteiger partial charge < -0.3 is 20.2 Å². The van der Waals surface area contributed by atoms with Crippen molar-refractivity contribution in [2.75, 3.05) is 26.8 Å². The van der Waals surface area contributed by atoms with Crippen LogP contribution in [0.25, 0.3) is 0 Å². The number of rotatable bonds is 18. The van der Waals surface area contributed by atoms with Crippen LogP contribution in [0.4, 0.5) is 9.18 Å². The Hall–Kier alpha value is -4.15. The van der Waals surface area contributed by atoms with Crippen molar-refractivity contribution in [2.45, 2.75) is 83.1 Å². The molecule has 0 bridgehead atoms. The van der Waals surface area contributed by atoms with E-state index in [0.717, 1.165) is 29.0 Å². The highest BCUT2D eigenvalue weighted by atomic mass is 28.4. The molecule has 0 heterocycles. The molecule has 284 valence electrons. The molecule has 0 fully saturated rings. The molecular formula is C44H58FN3O4Si. The Kier molecular flexibility index (Phi) is 15.5. The molecule has 4 aromatic rings. The number of carbonyl (C=O) groups excluding carboxylic acids is 2. The smallest absolute Gasteiger partial charge is 0.416 e. The zero-order chi connectivity index (χ0) is 38.4. The van der Waals surface area contributed by atoms with Crippen molar-refractivity contribution in [2.24, 2.45) is 11.7 Å². The van der Waals surface area contributed by atoms with Gasteiger partial charge in [-0.2, -0.15) is 0 Å². The number of methoxy groups -OCH3 is 1. The fourth-order valence-corrected chi connectivity index (χ4v) is 11.7. The summed E-state index contributed by atoms with van der Waals surface area (Å²) >= 11 is 0. The fraction of sp³-hybridized carbons (Fsp3) is 0.409. The summed E-state index contributed by atoms with van der Waals surface area (Å²) < 4.78 is 28.3. The van der Waals surface area contributed by atoms with Crippen LogP contribution in [0.15, 0.2) is 121 Å².